The van der Waals surface area contributed by atoms with Crippen LogP contribution in [0.15, 0.2) is 84.0 Å². The molecular formula is C26H21Cl2N5O3S. The van der Waals surface area contributed by atoms with E-state index in [4.69, 9.17) is 23.2 Å². The molecule has 1 amide bonds. The molecule has 0 aliphatic carbocycles. The first-order valence-electron chi connectivity index (χ1n) is 11.1. The van der Waals surface area contributed by atoms with Gasteiger partial charge in [0.15, 0.2) is 11.0 Å². The molecule has 1 N–H and O–H groups in total. The largest absolute Gasteiger partial charge is 0.343 e. The minimum Gasteiger partial charge on any atom is -0.343 e. The Balaban J connectivity index is 1.56. The van der Waals surface area contributed by atoms with Crippen LogP contribution in [-0.4, -0.2) is 25.6 Å². The predicted octanol–water partition coefficient (Wildman–Crippen LogP) is 6.67. The van der Waals surface area contributed by atoms with E-state index in [0.717, 1.165) is 5.56 Å². The van der Waals surface area contributed by atoms with E-state index in [9.17, 15) is 14.9 Å². The summed E-state index contributed by atoms with van der Waals surface area (Å²) in [7, 11) is 0. The molecule has 8 nitrogen and oxygen atoms in total. The third-order valence-corrected chi connectivity index (χ3v) is 6.85. The van der Waals surface area contributed by atoms with Crippen molar-refractivity contribution in [3.8, 4) is 5.69 Å². The van der Waals surface area contributed by atoms with E-state index in [-0.39, 0.29) is 11.6 Å². The molecule has 0 saturated carbocycles. The average molecular weight is 554 g/mol. The highest BCUT2D eigenvalue weighted by Gasteiger charge is 2.22. The van der Waals surface area contributed by atoms with Crippen LogP contribution in [0, 0.1) is 10.1 Å². The summed E-state index contributed by atoms with van der Waals surface area (Å²) in [5.41, 5.74) is 2.36. The van der Waals surface area contributed by atoms with Crippen LogP contribution in [-0.2, 0) is 10.5 Å². The van der Waals surface area contributed by atoms with Crippen LogP contribution in [0.5, 0.6) is 0 Å². The first-order chi connectivity index (χ1) is 17.8. The summed E-state index contributed by atoms with van der Waals surface area (Å²) in [6.45, 7) is 1.79. The number of carbonyl (C=O) groups is 1. The van der Waals surface area contributed by atoms with Crippen molar-refractivity contribution < 1.29 is 9.72 Å². The lowest BCUT2D eigenvalue weighted by atomic mass is 10.2. The van der Waals surface area contributed by atoms with E-state index in [1.54, 1.807) is 47.9 Å². The number of nitrogens with one attached hydrogen (secondary N) is 1. The van der Waals surface area contributed by atoms with Crippen LogP contribution in [0.3, 0.4) is 0 Å². The fourth-order valence-electron chi connectivity index (χ4n) is 3.47. The Hall–Kier alpha value is -3.66. The summed E-state index contributed by atoms with van der Waals surface area (Å²) in [6, 6.07) is 20.5. The van der Waals surface area contributed by atoms with E-state index in [2.05, 4.69) is 15.5 Å². The van der Waals surface area contributed by atoms with Crippen LogP contribution in [0.25, 0.3) is 11.8 Å². The SMILES string of the molecule is CC(NC(=O)C=Cc1ccc([N+](=O)[O-])cc1)c1nnc(SCc2ccccc2)n1-c1cc(Cl)ccc1Cl. The number of halogens is 2. The number of nitrogens with zero attached hydrogens (tertiary/aromatic N) is 4. The highest BCUT2D eigenvalue weighted by Crippen LogP contribution is 2.32. The van der Waals surface area contributed by atoms with Gasteiger partial charge in [0.2, 0.25) is 5.91 Å². The number of nitro benzene ring substituents is 1. The third kappa shape index (κ3) is 6.76. The Morgan fingerprint density at radius 2 is 1.84 bits per heavy atom. The van der Waals surface area contributed by atoms with Crippen molar-refractivity contribution in [1.29, 1.82) is 0 Å². The number of aromatic nitrogens is 3. The first kappa shape index (κ1) is 26.4. The van der Waals surface area contributed by atoms with Gasteiger partial charge in [0.1, 0.15) is 0 Å². The maximum absolute atomic E-state index is 12.6. The van der Waals surface area contributed by atoms with Gasteiger partial charge in [-0.3, -0.25) is 19.5 Å². The molecule has 1 atom stereocenters. The molecule has 0 bridgehead atoms. The molecule has 4 rings (SSSR count). The molecule has 0 radical (unpaired) electrons. The maximum Gasteiger partial charge on any atom is 0.269 e. The van der Waals surface area contributed by atoms with Gasteiger partial charge in [-0.05, 0) is 54.5 Å². The van der Waals surface area contributed by atoms with E-state index in [1.807, 2.05) is 30.3 Å². The summed E-state index contributed by atoms with van der Waals surface area (Å²) in [5.74, 6) is 0.781. The lowest BCUT2D eigenvalue weighted by Crippen LogP contribution is -2.27. The van der Waals surface area contributed by atoms with E-state index >= 15 is 0 Å². The number of carbonyl (C=O) groups excluding carboxylic acids is 1. The summed E-state index contributed by atoms with van der Waals surface area (Å²) < 4.78 is 1.80. The van der Waals surface area contributed by atoms with Crippen LogP contribution in [0.2, 0.25) is 10.0 Å². The molecule has 1 unspecified atom stereocenters. The molecule has 0 aliphatic rings. The monoisotopic (exact) mass is 553 g/mol. The molecule has 0 spiro atoms. The van der Waals surface area contributed by atoms with Gasteiger partial charge < -0.3 is 5.32 Å². The van der Waals surface area contributed by atoms with Crippen molar-refractivity contribution in [3.05, 3.63) is 116 Å². The second-order valence-corrected chi connectivity index (χ2v) is 9.74. The Kier molecular flexibility index (Phi) is 8.60. The topological polar surface area (TPSA) is 103 Å². The van der Waals surface area contributed by atoms with Crippen LogP contribution in [0.4, 0.5) is 5.69 Å². The Labute approximate surface area is 227 Å². The normalized spacial score (nSPS) is 12.0. The fourth-order valence-corrected chi connectivity index (χ4v) is 4.74. The number of hydrogen-bond donors (Lipinski definition) is 1. The van der Waals surface area contributed by atoms with Crippen molar-refractivity contribution in [3.63, 3.8) is 0 Å². The lowest BCUT2D eigenvalue weighted by molar-refractivity contribution is -0.384. The van der Waals surface area contributed by atoms with Crippen LogP contribution < -0.4 is 5.32 Å². The quantitative estimate of drug-likeness (QED) is 0.107. The van der Waals surface area contributed by atoms with Gasteiger partial charge in [-0.25, -0.2) is 0 Å². The predicted molar refractivity (Wildman–Crippen MR) is 146 cm³/mol. The molecule has 0 saturated heterocycles. The minimum atomic E-state index is -0.525. The second kappa shape index (κ2) is 12.1. The summed E-state index contributed by atoms with van der Waals surface area (Å²) in [6.07, 6.45) is 2.93. The van der Waals surface area contributed by atoms with Gasteiger partial charge in [0.25, 0.3) is 5.69 Å². The molecule has 37 heavy (non-hydrogen) atoms. The van der Waals surface area contributed by atoms with Crippen molar-refractivity contribution in [1.82, 2.24) is 20.1 Å². The van der Waals surface area contributed by atoms with Crippen molar-refractivity contribution >= 4 is 52.6 Å². The van der Waals surface area contributed by atoms with Gasteiger partial charge in [0.05, 0.1) is 21.7 Å². The zero-order chi connectivity index (χ0) is 26.4. The molecule has 1 heterocycles. The zero-order valence-electron chi connectivity index (χ0n) is 19.5. The number of nitro groups is 1. The third-order valence-electron chi connectivity index (χ3n) is 5.30. The number of hydrogen-bond acceptors (Lipinski definition) is 6. The van der Waals surface area contributed by atoms with Crippen LogP contribution in [0.1, 0.15) is 29.9 Å². The highest BCUT2D eigenvalue weighted by molar-refractivity contribution is 7.98. The summed E-state index contributed by atoms with van der Waals surface area (Å²) in [4.78, 5) is 23.0. The summed E-state index contributed by atoms with van der Waals surface area (Å²) in [5, 5.41) is 24.0. The van der Waals surface area contributed by atoms with Crippen molar-refractivity contribution in [2.45, 2.75) is 23.9 Å². The van der Waals surface area contributed by atoms with E-state index in [1.165, 1.54) is 30.0 Å². The molecule has 3 aromatic carbocycles. The molecule has 0 aliphatic heterocycles. The number of rotatable bonds is 9. The van der Waals surface area contributed by atoms with Gasteiger partial charge in [-0.1, -0.05) is 65.3 Å². The highest BCUT2D eigenvalue weighted by atomic mass is 35.5. The minimum absolute atomic E-state index is 0.0184. The van der Waals surface area contributed by atoms with Crippen molar-refractivity contribution in [2.75, 3.05) is 0 Å². The standard InChI is InChI=1S/C26H21Cl2N5O3S/c1-17(29-24(34)14-9-18-7-11-21(12-8-18)33(35)36)25-30-31-26(37-16-19-5-3-2-4-6-19)32(25)23-15-20(27)10-13-22(23)28/h2-15,17H,16H2,1H3,(H,29,34). The maximum atomic E-state index is 12.6. The van der Waals surface area contributed by atoms with Crippen molar-refractivity contribution in [2.24, 2.45) is 0 Å². The number of benzene rings is 3. The molecule has 188 valence electrons. The zero-order valence-corrected chi connectivity index (χ0v) is 21.9. The molecule has 11 heteroatoms. The van der Waals surface area contributed by atoms with Gasteiger partial charge >= 0.3 is 0 Å². The van der Waals surface area contributed by atoms with E-state index < -0.39 is 11.0 Å². The molecule has 1 aromatic heterocycles. The number of amides is 1. The lowest BCUT2D eigenvalue weighted by Gasteiger charge is -2.17. The Morgan fingerprint density at radius 1 is 1.11 bits per heavy atom. The summed E-state index contributed by atoms with van der Waals surface area (Å²) >= 11 is 14.3. The second-order valence-electron chi connectivity index (χ2n) is 7.96. The molecule has 0 fully saturated rings. The fraction of sp³-hybridized carbons (Fsp3) is 0.115. The number of thioether (sulfide) groups is 1. The van der Waals surface area contributed by atoms with Crippen LogP contribution >= 0.6 is 35.0 Å². The Bertz CT molecular complexity index is 1440. The molecular weight excluding hydrogens is 533 g/mol. The number of non-ortho nitro benzene ring substituents is 1. The first-order valence-corrected chi connectivity index (χ1v) is 12.9. The Morgan fingerprint density at radius 3 is 2.54 bits per heavy atom. The van der Waals surface area contributed by atoms with Gasteiger partial charge in [-0.15, -0.1) is 10.2 Å². The average Bonchev–Trinajstić information content (AvgIpc) is 3.32. The van der Waals surface area contributed by atoms with Gasteiger partial charge in [0, 0.05) is 29.0 Å². The van der Waals surface area contributed by atoms with Gasteiger partial charge in [-0.2, -0.15) is 0 Å². The molecule has 4 aromatic rings. The smallest absolute Gasteiger partial charge is 0.269 e. The van der Waals surface area contributed by atoms with E-state index in [0.29, 0.717) is 38.0 Å².